The van der Waals surface area contributed by atoms with Crippen molar-refractivity contribution in [3.05, 3.63) is 71.2 Å². The van der Waals surface area contributed by atoms with Gasteiger partial charge in [0.1, 0.15) is 30.0 Å². The van der Waals surface area contributed by atoms with E-state index in [9.17, 15) is 0 Å². The van der Waals surface area contributed by atoms with Crippen LogP contribution in [0.25, 0.3) is 0 Å². The second kappa shape index (κ2) is 9.01. The van der Waals surface area contributed by atoms with Gasteiger partial charge in [-0.2, -0.15) is 0 Å². The van der Waals surface area contributed by atoms with Crippen LogP contribution in [-0.2, 0) is 11.3 Å². The van der Waals surface area contributed by atoms with Crippen molar-refractivity contribution in [1.82, 2.24) is 10.6 Å². The summed E-state index contributed by atoms with van der Waals surface area (Å²) in [6, 6.07) is 16.4. The molecule has 2 aromatic carbocycles. The van der Waals surface area contributed by atoms with E-state index in [1.807, 2.05) is 37.4 Å². The third kappa shape index (κ3) is 4.90. The lowest BCUT2D eigenvalue weighted by Crippen LogP contribution is -2.20. The van der Waals surface area contributed by atoms with Crippen molar-refractivity contribution in [3.8, 4) is 11.5 Å². The third-order valence-electron chi connectivity index (χ3n) is 4.92. The van der Waals surface area contributed by atoms with E-state index < -0.39 is 0 Å². The molecule has 2 N–H and O–H groups in total. The molecule has 2 aromatic rings. The quantitative estimate of drug-likeness (QED) is 0.718. The van der Waals surface area contributed by atoms with Crippen LogP contribution < -0.4 is 20.1 Å². The predicted octanol–water partition coefficient (Wildman–Crippen LogP) is 3.56. The average molecular weight is 393 g/mol. The molecule has 0 saturated heterocycles. The van der Waals surface area contributed by atoms with E-state index >= 15 is 0 Å². The molecule has 1 unspecified atom stereocenters. The van der Waals surface area contributed by atoms with E-state index in [0.717, 1.165) is 47.1 Å². The van der Waals surface area contributed by atoms with E-state index in [0.29, 0.717) is 13.2 Å². The Kier molecular flexibility index (Phi) is 6.00. The van der Waals surface area contributed by atoms with Gasteiger partial charge in [-0.25, -0.2) is 4.99 Å². The highest BCUT2D eigenvalue weighted by Crippen LogP contribution is 2.35. The Labute approximate surface area is 171 Å². The van der Waals surface area contributed by atoms with Crippen molar-refractivity contribution in [2.75, 3.05) is 20.3 Å². The minimum atomic E-state index is -0.0497. The standard InChI is InChI=1S/C23H27N3O3/c1-16(14-27-2)29-20-11-18(21-13-22-23(26-21)25-9-8-24-22)10-19(12-20)28-15-17-6-4-3-5-7-17/h3-7,9-12,16,21,24,26H,8,13-15H2,1-2H3/t16-,21?/m0/s1. The molecule has 4 rings (SSSR count). The zero-order valence-corrected chi connectivity index (χ0v) is 16.9. The van der Waals surface area contributed by atoms with E-state index in [1.54, 1.807) is 7.11 Å². The van der Waals surface area contributed by atoms with Gasteiger partial charge >= 0.3 is 0 Å². The predicted molar refractivity (Wildman–Crippen MR) is 113 cm³/mol. The summed E-state index contributed by atoms with van der Waals surface area (Å²) in [5.74, 6) is 2.49. The molecule has 0 bridgehead atoms. The smallest absolute Gasteiger partial charge is 0.145 e. The highest BCUT2D eigenvalue weighted by atomic mass is 16.5. The lowest BCUT2D eigenvalue weighted by Gasteiger charge is -2.19. The van der Waals surface area contributed by atoms with Crippen molar-refractivity contribution in [1.29, 1.82) is 0 Å². The lowest BCUT2D eigenvalue weighted by molar-refractivity contribution is 0.0917. The normalized spacial score (nSPS) is 18.6. The van der Waals surface area contributed by atoms with Crippen LogP contribution in [0.5, 0.6) is 11.5 Å². The first-order valence-electron chi connectivity index (χ1n) is 9.94. The molecule has 2 aliphatic heterocycles. The molecular weight excluding hydrogens is 366 g/mol. The summed E-state index contributed by atoms with van der Waals surface area (Å²) >= 11 is 0. The Morgan fingerprint density at radius 3 is 2.76 bits per heavy atom. The summed E-state index contributed by atoms with van der Waals surface area (Å²) < 4.78 is 17.4. The highest BCUT2D eigenvalue weighted by Gasteiger charge is 2.26. The van der Waals surface area contributed by atoms with Crippen LogP contribution in [0.1, 0.15) is 30.5 Å². The van der Waals surface area contributed by atoms with Crippen LogP contribution in [-0.4, -0.2) is 32.6 Å². The number of nitrogens with one attached hydrogen (secondary N) is 2. The summed E-state index contributed by atoms with van der Waals surface area (Å²) in [4.78, 5) is 4.46. The van der Waals surface area contributed by atoms with Crippen LogP contribution in [0.3, 0.4) is 0 Å². The van der Waals surface area contributed by atoms with Crippen LogP contribution in [0.2, 0.25) is 0 Å². The van der Waals surface area contributed by atoms with Crippen molar-refractivity contribution in [3.63, 3.8) is 0 Å². The Bertz CT molecular complexity index is 895. The van der Waals surface area contributed by atoms with Gasteiger partial charge in [0, 0.05) is 25.8 Å². The molecule has 152 valence electrons. The second-order valence-electron chi connectivity index (χ2n) is 7.32. The van der Waals surface area contributed by atoms with Crippen molar-refractivity contribution in [2.24, 2.45) is 4.99 Å². The first-order chi connectivity index (χ1) is 14.2. The van der Waals surface area contributed by atoms with E-state index in [2.05, 4.69) is 39.9 Å². The highest BCUT2D eigenvalue weighted by molar-refractivity contribution is 5.64. The molecular formula is C23H27N3O3. The van der Waals surface area contributed by atoms with Crippen LogP contribution in [0, 0.1) is 0 Å². The minimum Gasteiger partial charge on any atom is -0.489 e. The van der Waals surface area contributed by atoms with Gasteiger partial charge in [-0.3, -0.25) is 0 Å². The van der Waals surface area contributed by atoms with E-state index in [4.69, 9.17) is 14.2 Å². The molecule has 2 atom stereocenters. The molecule has 0 fully saturated rings. The molecule has 29 heavy (non-hydrogen) atoms. The van der Waals surface area contributed by atoms with E-state index in [-0.39, 0.29) is 12.1 Å². The molecule has 0 radical (unpaired) electrons. The SMILES string of the molecule is COC[C@H](C)Oc1cc(OCc2ccccc2)cc(C2CC3=C(N=CCN3)N2)c1. The topological polar surface area (TPSA) is 64.1 Å². The van der Waals surface area contributed by atoms with Crippen LogP contribution >= 0.6 is 0 Å². The Morgan fingerprint density at radius 2 is 1.97 bits per heavy atom. The summed E-state index contributed by atoms with van der Waals surface area (Å²) in [7, 11) is 1.68. The first kappa shape index (κ1) is 19.3. The van der Waals surface area contributed by atoms with Crippen LogP contribution in [0.4, 0.5) is 0 Å². The molecule has 2 aliphatic rings. The number of hydrogen-bond donors (Lipinski definition) is 2. The monoisotopic (exact) mass is 393 g/mol. The maximum atomic E-state index is 6.10. The van der Waals surface area contributed by atoms with Gasteiger partial charge in [0.05, 0.1) is 24.9 Å². The largest absolute Gasteiger partial charge is 0.489 e. The third-order valence-corrected chi connectivity index (χ3v) is 4.92. The van der Waals surface area contributed by atoms with Gasteiger partial charge in [0.25, 0.3) is 0 Å². The number of rotatable bonds is 8. The van der Waals surface area contributed by atoms with Crippen molar-refractivity contribution >= 4 is 6.21 Å². The van der Waals surface area contributed by atoms with Gasteiger partial charge in [0.2, 0.25) is 0 Å². The average Bonchev–Trinajstić information content (AvgIpc) is 3.17. The zero-order valence-electron chi connectivity index (χ0n) is 16.9. The molecule has 2 heterocycles. The Morgan fingerprint density at radius 1 is 1.14 bits per heavy atom. The maximum Gasteiger partial charge on any atom is 0.145 e. The molecule has 6 heteroatoms. The Hall–Kier alpha value is -2.99. The first-order valence-corrected chi connectivity index (χ1v) is 9.94. The van der Waals surface area contributed by atoms with Crippen molar-refractivity contribution in [2.45, 2.75) is 32.1 Å². The molecule has 0 aliphatic carbocycles. The number of benzene rings is 2. The van der Waals surface area contributed by atoms with Gasteiger partial charge < -0.3 is 24.8 Å². The molecule has 0 saturated carbocycles. The molecule has 0 aromatic heterocycles. The number of ether oxygens (including phenoxy) is 3. The fraction of sp³-hybridized carbons (Fsp3) is 0.348. The second-order valence-corrected chi connectivity index (χ2v) is 7.32. The van der Waals surface area contributed by atoms with Gasteiger partial charge in [-0.1, -0.05) is 30.3 Å². The Balaban J connectivity index is 1.53. The van der Waals surface area contributed by atoms with E-state index in [1.165, 1.54) is 0 Å². The summed E-state index contributed by atoms with van der Waals surface area (Å²) in [5, 5.41) is 6.89. The van der Waals surface area contributed by atoms with Crippen LogP contribution in [0.15, 0.2) is 65.0 Å². The summed E-state index contributed by atoms with van der Waals surface area (Å²) in [6.45, 7) is 3.81. The number of hydrogen-bond acceptors (Lipinski definition) is 6. The van der Waals surface area contributed by atoms with Gasteiger partial charge in [-0.15, -0.1) is 0 Å². The molecule has 6 nitrogen and oxygen atoms in total. The van der Waals surface area contributed by atoms with Gasteiger partial charge in [0.15, 0.2) is 0 Å². The lowest BCUT2D eigenvalue weighted by atomic mass is 10.0. The maximum absolute atomic E-state index is 6.10. The number of methoxy groups -OCH3 is 1. The summed E-state index contributed by atoms with van der Waals surface area (Å²) in [5.41, 5.74) is 3.40. The fourth-order valence-electron chi connectivity index (χ4n) is 3.57. The fourth-order valence-corrected chi connectivity index (χ4v) is 3.57. The van der Waals surface area contributed by atoms with Gasteiger partial charge in [-0.05, 0) is 30.2 Å². The number of aliphatic imine (C=N–C) groups is 1. The number of nitrogens with zero attached hydrogens (tertiary/aromatic N) is 1. The van der Waals surface area contributed by atoms with Crippen molar-refractivity contribution < 1.29 is 14.2 Å². The zero-order chi connectivity index (χ0) is 20.1. The summed E-state index contributed by atoms with van der Waals surface area (Å²) in [6.07, 6.45) is 2.70. The molecule has 0 amide bonds. The minimum absolute atomic E-state index is 0.0497. The molecule has 0 spiro atoms.